The van der Waals surface area contributed by atoms with Crippen LogP contribution in [0.1, 0.15) is 252 Å². The third-order valence-electron chi connectivity index (χ3n) is 11.3. The van der Waals surface area contributed by atoms with Gasteiger partial charge in [0.1, 0.15) is 12.7 Å². The van der Waals surface area contributed by atoms with Gasteiger partial charge in [0.2, 0.25) is 0 Å². The molecule has 0 spiro atoms. The first-order valence-corrected chi connectivity index (χ1v) is 27.7. The maximum absolute atomic E-state index is 12.8. The van der Waals surface area contributed by atoms with Gasteiger partial charge in [-0.25, -0.2) is 4.57 Å². The van der Waals surface area contributed by atoms with Crippen LogP contribution in [0.15, 0.2) is 24.3 Å². The monoisotopic (exact) mass is 929 g/mol. The Hall–Kier alpha value is -2.04. The number of hydrogen-bond acceptors (Lipinski definition) is 10. The quantitative estimate of drug-likeness (QED) is 0.0197. The van der Waals surface area contributed by atoms with E-state index in [9.17, 15) is 28.9 Å². The number of phosphoric acid groups is 1. The van der Waals surface area contributed by atoms with Crippen LogP contribution in [0.5, 0.6) is 0 Å². The molecule has 0 aliphatic carbocycles. The van der Waals surface area contributed by atoms with Gasteiger partial charge >= 0.3 is 25.7 Å². The van der Waals surface area contributed by atoms with Gasteiger partial charge in [-0.15, -0.1) is 0 Å². The number of ether oxygens (including phenoxy) is 3. The first-order valence-electron chi connectivity index (χ1n) is 26.2. The Kier molecular flexibility index (Phi) is 45.9. The molecule has 0 fully saturated rings. The van der Waals surface area contributed by atoms with Gasteiger partial charge in [-0.05, 0) is 70.6 Å². The van der Waals surface area contributed by atoms with E-state index >= 15 is 0 Å². The van der Waals surface area contributed by atoms with Gasteiger partial charge in [0.15, 0.2) is 6.10 Å². The third-order valence-corrected chi connectivity index (χ3v) is 12.3. The normalized spacial score (nSPS) is 13.6. The molecule has 0 bridgehead atoms. The van der Waals surface area contributed by atoms with Gasteiger partial charge in [0.25, 0.3) is 0 Å². The Morgan fingerprint density at radius 2 is 0.719 bits per heavy atom. The van der Waals surface area contributed by atoms with Crippen LogP contribution in [0.3, 0.4) is 0 Å². The number of rotatable bonds is 49. The number of esters is 3. The lowest BCUT2D eigenvalue weighted by Gasteiger charge is -2.21. The minimum Gasteiger partial charge on any atom is -0.462 e. The van der Waals surface area contributed by atoms with Crippen molar-refractivity contribution in [3.63, 3.8) is 0 Å². The summed E-state index contributed by atoms with van der Waals surface area (Å²) in [6.45, 7) is 4.60. The van der Waals surface area contributed by atoms with Gasteiger partial charge in [0.05, 0.1) is 19.8 Å². The summed E-state index contributed by atoms with van der Waals surface area (Å²) in [6, 6.07) is 0. The van der Waals surface area contributed by atoms with E-state index in [-0.39, 0.29) is 25.9 Å². The van der Waals surface area contributed by atoms with Crippen LogP contribution in [-0.4, -0.2) is 66.5 Å². The fourth-order valence-corrected chi connectivity index (χ4v) is 8.07. The van der Waals surface area contributed by atoms with Crippen LogP contribution in [0.2, 0.25) is 0 Å². The molecule has 0 aromatic rings. The first kappa shape index (κ1) is 62.0. The Morgan fingerprint density at radius 1 is 0.422 bits per heavy atom. The summed E-state index contributed by atoms with van der Waals surface area (Å²) in [5, 5.41) is 9.76. The van der Waals surface area contributed by atoms with Crippen molar-refractivity contribution in [2.75, 3.05) is 26.4 Å². The molecule has 64 heavy (non-hydrogen) atoms. The highest BCUT2D eigenvalue weighted by molar-refractivity contribution is 7.47. The molecule has 0 aromatic heterocycles. The number of aliphatic hydroxyl groups is 1. The van der Waals surface area contributed by atoms with Crippen molar-refractivity contribution >= 4 is 25.7 Å². The maximum Gasteiger partial charge on any atom is 0.472 e. The van der Waals surface area contributed by atoms with Crippen molar-refractivity contribution in [3.8, 4) is 0 Å². The highest BCUT2D eigenvalue weighted by Gasteiger charge is 2.28. The molecule has 376 valence electrons. The van der Waals surface area contributed by atoms with E-state index in [1.165, 1.54) is 96.3 Å². The molecule has 0 rings (SSSR count). The largest absolute Gasteiger partial charge is 0.472 e. The van der Waals surface area contributed by atoms with Crippen molar-refractivity contribution in [3.05, 3.63) is 24.3 Å². The molecule has 0 amide bonds. The Balaban J connectivity index is 4.74. The first-order chi connectivity index (χ1) is 31.2. The zero-order valence-corrected chi connectivity index (χ0v) is 42.2. The molecule has 0 aliphatic rings. The van der Waals surface area contributed by atoms with E-state index < -0.39 is 57.8 Å². The average Bonchev–Trinajstić information content (AvgIpc) is 3.28. The summed E-state index contributed by atoms with van der Waals surface area (Å²) in [6.07, 6.45) is 44.3. The molecule has 0 aliphatic heterocycles. The molecular formula is C52H97O11P. The van der Waals surface area contributed by atoms with Gasteiger partial charge in [-0.1, -0.05) is 186 Å². The maximum atomic E-state index is 12.8. The third kappa shape index (κ3) is 45.1. The van der Waals surface area contributed by atoms with E-state index in [1.54, 1.807) is 0 Å². The standard InChI is InChI=1S/C52H97O11P/c1-4-7-10-13-16-19-22-24-27-29-32-35-38-41-50(54)59-45-49(63-52(56)43-40-37-34-31-28-25-23-20-17-14-11-8-5-2)47-61-64(57,58)60-46-48(44-53)62-51(55)42-39-36-33-30-26-21-18-15-12-9-6-3/h19-20,22-23,48-49,53H,4-18,21,24-47H2,1-3H3,(H,57,58)/b22-19-,23-20-. The van der Waals surface area contributed by atoms with Crippen molar-refractivity contribution in [2.24, 2.45) is 0 Å². The fraction of sp³-hybridized carbons (Fsp3) is 0.865. The zero-order chi connectivity index (χ0) is 47.0. The molecule has 2 N–H and O–H groups in total. The number of phosphoric ester groups is 1. The van der Waals surface area contributed by atoms with Crippen LogP contribution in [0.25, 0.3) is 0 Å². The molecule has 3 atom stereocenters. The summed E-state index contributed by atoms with van der Waals surface area (Å²) in [4.78, 5) is 48.2. The topological polar surface area (TPSA) is 155 Å². The van der Waals surface area contributed by atoms with Crippen LogP contribution in [0.4, 0.5) is 0 Å². The SMILES string of the molecule is CCCCCC/C=C\CCCCCCCC(=O)OCC(COP(=O)(O)OCC(CO)OC(=O)CCCCCCCCCCCCC)OC(=O)CCCCCCC/C=C\CCCCCC. The Labute approximate surface area is 391 Å². The smallest absolute Gasteiger partial charge is 0.462 e. The van der Waals surface area contributed by atoms with Crippen molar-refractivity contribution in [1.29, 1.82) is 0 Å². The number of aliphatic hydroxyl groups excluding tert-OH is 1. The summed E-state index contributed by atoms with van der Waals surface area (Å²) < 4.78 is 39.3. The molecule has 0 heterocycles. The molecule has 0 saturated carbocycles. The van der Waals surface area contributed by atoms with Crippen molar-refractivity contribution in [2.45, 2.75) is 264 Å². The lowest BCUT2D eigenvalue weighted by Crippen LogP contribution is -2.30. The highest BCUT2D eigenvalue weighted by Crippen LogP contribution is 2.43. The molecule has 0 saturated heterocycles. The Bertz CT molecular complexity index is 1180. The van der Waals surface area contributed by atoms with Gasteiger partial charge in [-0.2, -0.15) is 0 Å². The fourth-order valence-electron chi connectivity index (χ4n) is 7.29. The van der Waals surface area contributed by atoms with Crippen molar-refractivity contribution < 1.29 is 52.2 Å². The number of allylic oxidation sites excluding steroid dienone is 4. The summed E-state index contributed by atoms with van der Waals surface area (Å²) >= 11 is 0. The number of carbonyl (C=O) groups excluding carboxylic acids is 3. The van der Waals surface area contributed by atoms with Gasteiger partial charge in [-0.3, -0.25) is 23.4 Å². The second-order valence-corrected chi connectivity index (χ2v) is 19.1. The lowest BCUT2D eigenvalue weighted by molar-refractivity contribution is -0.161. The molecule has 3 unspecified atom stereocenters. The summed E-state index contributed by atoms with van der Waals surface area (Å²) in [5.74, 6) is -1.47. The molecule has 11 nitrogen and oxygen atoms in total. The van der Waals surface area contributed by atoms with Gasteiger partial charge < -0.3 is 24.2 Å². The van der Waals surface area contributed by atoms with Crippen LogP contribution < -0.4 is 0 Å². The average molecular weight is 929 g/mol. The predicted molar refractivity (Wildman–Crippen MR) is 261 cm³/mol. The second-order valence-electron chi connectivity index (χ2n) is 17.7. The minimum atomic E-state index is -4.73. The summed E-state index contributed by atoms with van der Waals surface area (Å²) in [5.41, 5.74) is 0. The van der Waals surface area contributed by atoms with E-state index in [0.29, 0.717) is 19.3 Å². The second kappa shape index (κ2) is 47.5. The van der Waals surface area contributed by atoms with Crippen LogP contribution in [0, 0.1) is 0 Å². The number of hydrogen-bond donors (Lipinski definition) is 2. The molecule has 12 heteroatoms. The van der Waals surface area contributed by atoms with E-state index in [4.69, 9.17) is 23.3 Å². The number of unbranched alkanes of at least 4 members (excludes halogenated alkanes) is 28. The lowest BCUT2D eigenvalue weighted by atomic mass is 10.1. The Morgan fingerprint density at radius 3 is 1.09 bits per heavy atom. The predicted octanol–water partition coefficient (Wildman–Crippen LogP) is 14.7. The van der Waals surface area contributed by atoms with Crippen molar-refractivity contribution in [1.82, 2.24) is 0 Å². The molecule has 0 radical (unpaired) electrons. The van der Waals surface area contributed by atoms with E-state index in [1.807, 2.05) is 0 Å². The highest BCUT2D eigenvalue weighted by atomic mass is 31.2. The van der Waals surface area contributed by atoms with E-state index in [0.717, 1.165) is 96.3 Å². The minimum absolute atomic E-state index is 0.160. The van der Waals surface area contributed by atoms with E-state index in [2.05, 4.69) is 45.1 Å². The van der Waals surface area contributed by atoms with Crippen LogP contribution >= 0.6 is 7.82 Å². The molecule has 0 aromatic carbocycles. The zero-order valence-electron chi connectivity index (χ0n) is 41.3. The molecular weight excluding hydrogens is 832 g/mol. The van der Waals surface area contributed by atoms with Crippen LogP contribution in [-0.2, 0) is 42.2 Å². The number of carbonyl (C=O) groups is 3. The summed E-state index contributed by atoms with van der Waals surface area (Å²) in [7, 11) is -4.73. The van der Waals surface area contributed by atoms with Gasteiger partial charge in [0, 0.05) is 19.3 Å².